The summed E-state index contributed by atoms with van der Waals surface area (Å²) >= 11 is 0. The predicted molar refractivity (Wildman–Crippen MR) is 75.3 cm³/mol. The number of rotatable bonds is 5. The minimum Gasteiger partial charge on any atom is -0.477 e. The Kier molecular flexibility index (Phi) is 4.87. The summed E-state index contributed by atoms with van der Waals surface area (Å²) in [7, 11) is 0. The molecule has 1 fully saturated rings. The fraction of sp³-hybridized carbons (Fsp3) is 0.500. The van der Waals surface area contributed by atoms with Gasteiger partial charge in [-0.25, -0.2) is 4.79 Å². The zero-order valence-electron chi connectivity index (χ0n) is 11.7. The van der Waals surface area contributed by atoms with Crippen LogP contribution in [0.15, 0.2) is 18.2 Å². The van der Waals surface area contributed by atoms with Gasteiger partial charge in [-0.2, -0.15) is 0 Å². The number of aromatic carboxylic acids is 1. The standard InChI is InChI=1S/C14H18N2O5/c1-9-7-11(5-6-21-9)15-8-10-3-2-4-12(16(19)20)13(10)14(17)18/h2-4,9,11,15H,5-8H2,1H3,(H,17,18). The Morgan fingerprint density at radius 3 is 2.95 bits per heavy atom. The molecule has 0 amide bonds. The van der Waals surface area contributed by atoms with E-state index in [1.807, 2.05) is 6.92 Å². The Bertz CT molecular complexity index is 546. The van der Waals surface area contributed by atoms with Crippen LogP contribution < -0.4 is 5.32 Å². The molecule has 1 aliphatic rings. The Hall–Kier alpha value is -1.99. The minimum atomic E-state index is -1.28. The molecular weight excluding hydrogens is 276 g/mol. The SMILES string of the molecule is CC1CC(NCc2cccc([N+](=O)[O-])c2C(=O)O)CCO1. The van der Waals surface area contributed by atoms with E-state index in [0.29, 0.717) is 18.7 Å². The number of hydrogen-bond acceptors (Lipinski definition) is 5. The van der Waals surface area contributed by atoms with Gasteiger partial charge in [0.15, 0.2) is 0 Å². The maximum atomic E-state index is 11.3. The second-order valence-electron chi connectivity index (χ2n) is 5.16. The normalized spacial score (nSPS) is 22.0. The maximum Gasteiger partial charge on any atom is 0.343 e. The Balaban J connectivity index is 2.14. The lowest BCUT2D eigenvalue weighted by Crippen LogP contribution is -2.37. The van der Waals surface area contributed by atoms with Gasteiger partial charge in [-0.1, -0.05) is 12.1 Å². The summed E-state index contributed by atoms with van der Waals surface area (Å²) in [5, 5.41) is 23.4. The lowest BCUT2D eigenvalue weighted by Gasteiger charge is -2.28. The molecule has 2 N–H and O–H groups in total. The first kappa shape index (κ1) is 15.4. The number of hydrogen-bond donors (Lipinski definition) is 2. The van der Waals surface area contributed by atoms with Crippen LogP contribution in [0.4, 0.5) is 5.69 Å². The van der Waals surface area contributed by atoms with E-state index < -0.39 is 10.9 Å². The van der Waals surface area contributed by atoms with Gasteiger partial charge in [0.25, 0.3) is 5.69 Å². The van der Waals surface area contributed by atoms with Gasteiger partial charge in [-0.05, 0) is 25.3 Å². The number of carbonyl (C=O) groups is 1. The van der Waals surface area contributed by atoms with Crippen LogP contribution >= 0.6 is 0 Å². The molecule has 1 heterocycles. The number of nitrogens with one attached hydrogen (secondary N) is 1. The van der Waals surface area contributed by atoms with Gasteiger partial charge >= 0.3 is 5.97 Å². The van der Waals surface area contributed by atoms with Crippen molar-refractivity contribution in [3.63, 3.8) is 0 Å². The number of carboxylic acid groups (broad SMARTS) is 1. The molecule has 1 saturated heterocycles. The molecule has 2 rings (SSSR count). The summed E-state index contributed by atoms with van der Waals surface area (Å²) in [5.74, 6) is -1.28. The van der Waals surface area contributed by atoms with Crippen LogP contribution in [0.25, 0.3) is 0 Å². The largest absolute Gasteiger partial charge is 0.477 e. The highest BCUT2D eigenvalue weighted by atomic mass is 16.6. The highest BCUT2D eigenvalue weighted by Gasteiger charge is 2.24. The molecule has 1 aliphatic heterocycles. The van der Waals surface area contributed by atoms with Crippen molar-refractivity contribution in [1.82, 2.24) is 5.32 Å². The summed E-state index contributed by atoms with van der Waals surface area (Å²) in [6.45, 7) is 2.95. The molecule has 1 aromatic carbocycles. The van der Waals surface area contributed by atoms with Crippen LogP contribution in [0, 0.1) is 10.1 Å². The second-order valence-corrected chi connectivity index (χ2v) is 5.16. The van der Waals surface area contributed by atoms with E-state index in [-0.39, 0.29) is 23.4 Å². The number of nitro groups is 1. The fourth-order valence-electron chi connectivity index (χ4n) is 2.57. The first-order valence-electron chi connectivity index (χ1n) is 6.83. The molecule has 114 valence electrons. The first-order valence-corrected chi connectivity index (χ1v) is 6.83. The van der Waals surface area contributed by atoms with E-state index in [9.17, 15) is 20.0 Å². The van der Waals surface area contributed by atoms with E-state index in [0.717, 1.165) is 12.8 Å². The number of carboxylic acids is 1. The molecular formula is C14H18N2O5. The zero-order chi connectivity index (χ0) is 15.4. The monoisotopic (exact) mass is 294 g/mol. The quantitative estimate of drug-likeness (QED) is 0.635. The molecule has 1 aromatic rings. The molecule has 2 atom stereocenters. The maximum absolute atomic E-state index is 11.3. The van der Waals surface area contributed by atoms with E-state index >= 15 is 0 Å². The van der Waals surface area contributed by atoms with E-state index in [2.05, 4.69) is 5.32 Å². The fourth-order valence-corrected chi connectivity index (χ4v) is 2.57. The van der Waals surface area contributed by atoms with Gasteiger partial charge in [0, 0.05) is 25.3 Å². The van der Waals surface area contributed by atoms with Gasteiger partial charge in [0.05, 0.1) is 11.0 Å². The summed E-state index contributed by atoms with van der Waals surface area (Å²) in [6, 6.07) is 4.55. The number of ether oxygens (including phenoxy) is 1. The van der Waals surface area contributed by atoms with Crippen LogP contribution in [0.3, 0.4) is 0 Å². The van der Waals surface area contributed by atoms with Crippen molar-refractivity contribution in [2.24, 2.45) is 0 Å². The van der Waals surface area contributed by atoms with Crippen molar-refractivity contribution in [3.05, 3.63) is 39.4 Å². The molecule has 0 radical (unpaired) electrons. The molecule has 7 nitrogen and oxygen atoms in total. The van der Waals surface area contributed by atoms with Crippen molar-refractivity contribution < 1.29 is 19.6 Å². The molecule has 0 aromatic heterocycles. The van der Waals surface area contributed by atoms with Crippen LogP contribution in [-0.2, 0) is 11.3 Å². The van der Waals surface area contributed by atoms with Gasteiger partial charge in [0.2, 0.25) is 0 Å². The molecule has 0 aliphatic carbocycles. The van der Waals surface area contributed by atoms with Crippen LogP contribution in [0.5, 0.6) is 0 Å². The number of nitrogens with zero attached hydrogens (tertiary/aromatic N) is 1. The van der Waals surface area contributed by atoms with Crippen molar-refractivity contribution in [3.8, 4) is 0 Å². The van der Waals surface area contributed by atoms with E-state index in [1.54, 1.807) is 6.07 Å². The number of benzene rings is 1. The van der Waals surface area contributed by atoms with E-state index in [1.165, 1.54) is 12.1 Å². The third-order valence-corrected chi connectivity index (χ3v) is 3.61. The molecule has 0 saturated carbocycles. The summed E-state index contributed by atoms with van der Waals surface area (Å²) in [4.78, 5) is 21.6. The van der Waals surface area contributed by atoms with Crippen molar-refractivity contribution in [2.75, 3.05) is 6.61 Å². The molecule has 2 unspecified atom stereocenters. The summed E-state index contributed by atoms with van der Waals surface area (Å²) in [5.41, 5.74) is -0.187. The average molecular weight is 294 g/mol. The van der Waals surface area contributed by atoms with Crippen molar-refractivity contribution in [1.29, 1.82) is 0 Å². The Morgan fingerprint density at radius 1 is 1.57 bits per heavy atom. The second kappa shape index (κ2) is 6.64. The average Bonchev–Trinajstić information content (AvgIpc) is 2.44. The van der Waals surface area contributed by atoms with Gasteiger partial charge in [-0.15, -0.1) is 0 Å². The molecule has 0 bridgehead atoms. The van der Waals surface area contributed by atoms with Crippen LogP contribution in [-0.4, -0.2) is 34.8 Å². The highest BCUT2D eigenvalue weighted by molar-refractivity contribution is 5.94. The lowest BCUT2D eigenvalue weighted by molar-refractivity contribution is -0.385. The molecule has 0 spiro atoms. The Labute approximate surface area is 122 Å². The minimum absolute atomic E-state index is 0.167. The summed E-state index contributed by atoms with van der Waals surface area (Å²) in [6.07, 6.45) is 1.86. The van der Waals surface area contributed by atoms with Crippen LogP contribution in [0.1, 0.15) is 35.7 Å². The predicted octanol–water partition coefficient (Wildman–Crippen LogP) is 1.95. The topological polar surface area (TPSA) is 102 Å². The zero-order valence-corrected chi connectivity index (χ0v) is 11.7. The van der Waals surface area contributed by atoms with Crippen LogP contribution in [0.2, 0.25) is 0 Å². The van der Waals surface area contributed by atoms with Gasteiger partial charge in [0.1, 0.15) is 5.56 Å². The van der Waals surface area contributed by atoms with E-state index in [4.69, 9.17) is 4.74 Å². The lowest BCUT2D eigenvalue weighted by atomic mass is 10.0. The van der Waals surface area contributed by atoms with Gasteiger partial charge in [-0.3, -0.25) is 10.1 Å². The molecule has 21 heavy (non-hydrogen) atoms. The van der Waals surface area contributed by atoms with Gasteiger partial charge < -0.3 is 15.2 Å². The highest BCUT2D eigenvalue weighted by Crippen LogP contribution is 2.23. The Morgan fingerprint density at radius 2 is 2.33 bits per heavy atom. The smallest absolute Gasteiger partial charge is 0.343 e. The first-order chi connectivity index (χ1) is 9.99. The van der Waals surface area contributed by atoms with Crippen molar-refractivity contribution in [2.45, 2.75) is 38.5 Å². The molecule has 7 heteroatoms. The third-order valence-electron chi connectivity index (χ3n) is 3.61. The number of nitro benzene ring substituents is 1. The third kappa shape index (κ3) is 3.77. The van der Waals surface area contributed by atoms with Crippen molar-refractivity contribution >= 4 is 11.7 Å². The summed E-state index contributed by atoms with van der Waals surface area (Å²) < 4.78 is 5.45.